The molecule has 136 valence electrons. The molecule has 0 N–H and O–H groups in total. The predicted octanol–water partition coefficient (Wildman–Crippen LogP) is 4.14. The molecule has 6 nitrogen and oxygen atoms in total. The van der Waals surface area contributed by atoms with E-state index in [9.17, 15) is 4.79 Å². The summed E-state index contributed by atoms with van der Waals surface area (Å²) in [5.41, 5.74) is 3.41. The first-order valence-corrected chi connectivity index (χ1v) is 8.43. The van der Waals surface area contributed by atoms with Gasteiger partial charge in [0.25, 0.3) is 0 Å². The second-order valence-electron chi connectivity index (χ2n) is 6.06. The van der Waals surface area contributed by atoms with Gasteiger partial charge in [-0.05, 0) is 42.8 Å². The average molecular weight is 363 g/mol. The highest BCUT2D eigenvalue weighted by Crippen LogP contribution is 2.32. The molecular formula is C21H17NO5. The fourth-order valence-corrected chi connectivity index (χ4v) is 2.58. The van der Waals surface area contributed by atoms with Crippen LogP contribution >= 0.6 is 0 Å². The fraction of sp³-hybridized carbons (Fsp3) is 0.143. The van der Waals surface area contributed by atoms with Crippen LogP contribution in [-0.2, 0) is 16.1 Å². The molecule has 0 amide bonds. The van der Waals surface area contributed by atoms with Crippen LogP contribution in [0.4, 0.5) is 0 Å². The van der Waals surface area contributed by atoms with Crippen molar-refractivity contribution in [2.75, 3.05) is 6.79 Å². The minimum Gasteiger partial charge on any atom is -0.456 e. The highest BCUT2D eigenvalue weighted by atomic mass is 16.7. The second-order valence-corrected chi connectivity index (χ2v) is 6.06. The number of benzene rings is 2. The number of fused-ring (bicyclic) bond motifs is 1. The highest BCUT2D eigenvalue weighted by molar-refractivity contribution is 5.87. The van der Waals surface area contributed by atoms with Crippen LogP contribution in [0, 0.1) is 6.92 Å². The van der Waals surface area contributed by atoms with Crippen LogP contribution in [0.5, 0.6) is 11.5 Å². The Morgan fingerprint density at radius 2 is 1.96 bits per heavy atom. The van der Waals surface area contributed by atoms with Gasteiger partial charge in [-0.15, -0.1) is 0 Å². The number of aromatic nitrogens is 1. The van der Waals surface area contributed by atoms with Crippen LogP contribution in [0.25, 0.3) is 17.5 Å². The van der Waals surface area contributed by atoms with Gasteiger partial charge in [0.2, 0.25) is 12.7 Å². The summed E-state index contributed by atoms with van der Waals surface area (Å²) in [5, 5.41) is 0. The third-order valence-electron chi connectivity index (χ3n) is 4.02. The van der Waals surface area contributed by atoms with Crippen LogP contribution < -0.4 is 9.47 Å². The number of esters is 1. The van der Waals surface area contributed by atoms with Crippen molar-refractivity contribution in [1.82, 2.24) is 4.98 Å². The number of rotatable bonds is 5. The average Bonchev–Trinajstić information content (AvgIpc) is 3.34. The van der Waals surface area contributed by atoms with E-state index in [0.717, 1.165) is 16.7 Å². The Balaban J connectivity index is 1.33. The maximum absolute atomic E-state index is 11.9. The molecule has 0 spiro atoms. The van der Waals surface area contributed by atoms with Gasteiger partial charge in [0, 0.05) is 11.6 Å². The Hall–Kier alpha value is -3.54. The number of aryl methyl sites for hydroxylation is 1. The van der Waals surface area contributed by atoms with E-state index in [4.69, 9.17) is 18.6 Å². The number of hydrogen-bond acceptors (Lipinski definition) is 6. The molecule has 2 aromatic carbocycles. The minimum atomic E-state index is -0.465. The lowest BCUT2D eigenvalue weighted by atomic mass is 10.1. The third kappa shape index (κ3) is 4.00. The predicted molar refractivity (Wildman–Crippen MR) is 98.1 cm³/mol. The Morgan fingerprint density at radius 1 is 1.15 bits per heavy atom. The quantitative estimate of drug-likeness (QED) is 0.501. The summed E-state index contributed by atoms with van der Waals surface area (Å²) in [4.78, 5) is 16.3. The van der Waals surface area contributed by atoms with E-state index in [0.29, 0.717) is 23.1 Å². The van der Waals surface area contributed by atoms with E-state index in [1.54, 1.807) is 18.2 Å². The van der Waals surface area contributed by atoms with Crippen LogP contribution in [0.3, 0.4) is 0 Å². The molecule has 6 heteroatoms. The van der Waals surface area contributed by atoms with Crippen molar-refractivity contribution in [3.8, 4) is 23.0 Å². The van der Waals surface area contributed by atoms with Crippen LogP contribution in [0.2, 0.25) is 0 Å². The SMILES string of the molecule is Cc1ccc(-c2nc(COC(=O)/C=C/c3ccc4c(c3)OCO4)co2)cc1. The standard InChI is InChI=1S/C21H17NO5/c1-14-2-6-16(7-3-14)21-22-17(12-25-21)11-24-20(23)9-5-15-4-8-18-19(10-15)27-13-26-18/h2-10,12H,11,13H2,1H3/b9-5+. The molecular weight excluding hydrogens is 346 g/mol. The van der Waals surface area contributed by atoms with E-state index in [-0.39, 0.29) is 13.4 Å². The maximum atomic E-state index is 11.9. The number of carbonyl (C=O) groups excluding carboxylic acids is 1. The summed E-state index contributed by atoms with van der Waals surface area (Å²) >= 11 is 0. The van der Waals surface area contributed by atoms with Gasteiger partial charge in [-0.3, -0.25) is 0 Å². The van der Waals surface area contributed by atoms with Gasteiger partial charge in [0.1, 0.15) is 18.6 Å². The maximum Gasteiger partial charge on any atom is 0.331 e. The molecule has 0 aliphatic carbocycles. The van der Waals surface area contributed by atoms with Crippen LogP contribution in [0.1, 0.15) is 16.8 Å². The molecule has 1 aromatic heterocycles. The Bertz CT molecular complexity index is 988. The normalized spacial score (nSPS) is 12.5. The monoisotopic (exact) mass is 363 g/mol. The first-order chi connectivity index (χ1) is 13.2. The molecule has 1 aliphatic rings. The fourth-order valence-electron chi connectivity index (χ4n) is 2.58. The molecule has 0 atom stereocenters. The van der Waals surface area contributed by atoms with Crippen molar-refractivity contribution < 1.29 is 23.4 Å². The summed E-state index contributed by atoms with van der Waals surface area (Å²) < 4.78 is 21.2. The van der Waals surface area contributed by atoms with Crippen molar-refractivity contribution in [2.45, 2.75) is 13.5 Å². The lowest BCUT2D eigenvalue weighted by Crippen LogP contribution is -2.00. The van der Waals surface area contributed by atoms with E-state index >= 15 is 0 Å². The molecule has 0 unspecified atom stereocenters. The number of ether oxygens (including phenoxy) is 3. The molecule has 0 radical (unpaired) electrons. The number of oxazole rings is 1. The molecule has 27 heavy (non-hydrogen) atoms. The first-order valence-electron chi connectivity index (χ1n) is 8.43. The topological polar surface area (TPSA) is 70.8 Å². The van der Waals surface area contributed by atoms with Gasteiger partial charge in [-0.2, -0.15) is 0 Å². The largest absolute Gasteiger partial charge is 0.456 e. The van der Waals surface area contributed by atoms with Crippen molar-refractivity contribution in [1.29, 1.82) is 0 Å². The van der Waals surface area contributed by atoms with Gasteiger partial charge in [0.15, 0.2) is 11.5 Å². The number of nitrogens with zero attached hydrogens (tertiary/aromatic N) is 1. The van der Waals surface area contributed by atoms with Crippen molar-refractivity contribution in [3.05, 3.63) is 71.6 Å². The zero-order valence-electron chi connectivity index (χ0n) is 14.7. The van der Waals surface area contributed by atoms with Gasteiger partial charge < -0.3 is 18.6 Å². The number of carbonyl (C=O) groups is 1. The summed E-state index contributed by atoms with van der Waals surface area (Å²) in [6.07, 6.45) is 4.51. The van der Waals surface area contributed by atoms with Crippen LogP contribution in [0.15, 0.2) is 59.2 Å². The summed E-state index contributed by atoms with van der Waals surface area (Å²) in [7, 11) is 0. The Morgan fingerprint density at radius 3 is 2.81 bits per heavy atom. The zero-order chi connectivity index (χ0) is 18.6. The number of hydrogen-bond donors (Lipinski definition) is 0. The van der Waals surface area contributed by atoms with E-state index in [2.05, 4.69) is 4.98 Å². The van der Waals surface area contributed by atoms with Gasteiger partial charge in [0.05, 0.1) is 0 Å². The summed E-state index contributed by atoms with van der Waals surface area (Å²) in [6.45, 7) is 2.27. The molecule has 0 fully saturated rings. The van der Waals surface area contributed by atoms with Gasteiger partial charge in [-0.25, -0.2) is 9.78 Å². The van der Waals surface area contributed by atoms with E-state index < -0.39 is 5.97 Å². The third-order valence-corrected chi connectivity index (χ3v) is 4.02. The molecule has 0 saturated heterocycles. The van der Waals surface area contributed by atoms with Gasteiger partial charge >= 0.3 is 5.97 Å². The Labute approximate surface area is 156 Å². The first kappa shape index (κ1) is 16.9. The van der Waals surface area contributed by atoms with E-state index in [1.165, 1.54) is 12.3 Å². The van der Waals surface area contributed by atoms with Crippen molar-refractivity contribution >= 4 is 12.0 Å². The summed E-state index contributed by atoms with van der Waals surface area (Å²) in [6, 6.07) is 13.3. The van der Waals surface area contributed by atoms with Crippen molar-refractivity contribution in [2.24, 2.45) is 0 Å². The highest BCUT2D eigenvalue weighted by Gasteiger charge is 2.12. The summed E-state index contributed by atoms with van der Waals surface area (Å²) in [5.74, 6) is 1.39. The van der Waals surface area contributed by atoms with E-state index in [1.807, 2.05) is 37.3 Å². The van der Waals surface area contributed by atoms with Crippen LogP contribution in [-0.4, -0.2) is 17.7 Å². The molecule has 2 heterocycles. The molecule has 0 bridgehead atoms. The zero-order valence-corrected chi connectivity index (χ0v) is 14.7. The molecule has 0 saturated carbocycles. The molecule has 4 rings (SSSR count). The Kier molecular flexibility index (Phi) is 4.61. The van der Waals surface area contributed by atoms with Crippen molar-refractivity contribution in [3.63, 3.8) is 0 Å². The molecule has 3 aromatic rings. The lowest BCUT2D eigenvalue weighted by molar-refractivity contribution is -0.139. The molecule has 1 aliphatic heterocycles. The van der Waals surface area contributed by atoms with Gasteiger partial charge in [-0.1, -0.05) is 23.8 Å². The smallest absolute Gasteiger partial charge is 0.331 e. The minimum absolute atomic E-state index is 0.0413. The second kappa shape index (κ2) is 7.37. The lowest BCUT2D eigenvalue weighted by Gasteiger charge is -1.99.